The number of esters is 1. The van der Waals surface area contributed by atoms with E-state index < -0.39 is 5.97 Å². The molecule has 0 aliphatic carbocycles. The summed E-state index contributed by atoms with van der Waals surface area (Å²) in [6.07, 6.45) is 0. The molecule has 116 valence electrons. The van der Waals surface area contributed by atoms with E-state index in [-0.39, 0.29) is 18.1 Å². The van der Waals surface area contributed by atoms with Crippen LogP contribution >= 0.6 is 0 Å². The molecule has 0 saturated carbocycles. The molecule has 2 aromatic carbocycles. The molecular formula is C18H14FNO3. The predicted molar refractivity (Wildman–Crippen MR) is 83.8 cm³/mol. The first-order valence-corrected chi connectivity index (χ1v) is 7.03. The highest BCUT2D eigenvalue weighted by atomic mass is 19.1. The molecule has 0 saturated heterocycles. The number of nitrogens with zero attached hydrogens (tertiary/aromatic N) is 1. The molecule has 3 aromatic rings. The Morgan fingerprint density at radius 1 is 1.13 bits per heavy atom. The summed E-state index contributed by atoms with van der Waals surface area (Å²) in [4.78, 5) is 16.0. The molecule has 23 heavy (non-hydrogen) atoms. The van der Waals surface area contributed by atoms with E-state index in [1.807, 2.05) is 18.2 Å². The van der Waals surface area contributed by atoms with Gasteiger partial charge in [-0.3, -0.25) is 0 Å². The van der Waals surface area contributed by atoms with Crippen LogP contribution in [0.1, 0.15) is 16.1 Å². The van der Waals surface area contributed by atoms with E-state index in [1.165, 1.54) is 19.2 Å². The second-order valence-corrected chi connectivity index (χ2v) is 4.93. The fraction of sp³-hybridized carbons (Fsp3) is 0.111. The maximum atomic E-state index is 12.9. The molecule has 0 fully saturated rings. The van der Waals surface area contributed by atoms with Gasteiger partial charge in [-0.25, -0.2) is 14.2 Å². The minimum absolute atomic E-state index is 0.181. The maximum Gasteiger partial charge on any atom is 0.356 e. The van der Waals surface area contributed by atoms with Crippen LogP contribution in [0.15, 0.2) is 54.6 Å². The van der Waals surface area contributed by atoms with Crippen molar-refractivity contribution in [2.24, 2.45) is 0 Å². The Bertz CT molecular complexity index is 847. The SMILES string of the molecule is COC(=O)c1cc(OCc2ccc(F)cc2)c2ccccc2n1. The molecule has 5 heteroatoms. The van der Waals surface area contributed by atoms with E-state index in [0.29, 0.717) is 11.3 Å². The zero-order chi connectivity index (χ0) is 16.2. The summed E-state index contributed by atoms with van der Waals surface area (Å²) in [6, 6.07) is 15.0. The lowest BCUT2D eigenvalue weighted by Crippen LogP contribution is -2.06. The van der Waals surface area contributed by atoms with Crippen LogP contribution in [0.25, 0.3) is 10.9 Å². The summed E-state index contributed by atoms with van der Waals surface area (Å²) in [5.41, 5.74) is 1.65. The van der Waals surface area contributed by atoms with Crippen LogP contribution < -0.4 is 4.74 Å². The van der Waals surface area contributed by atoms with Crippen molar-refractivity contribution in [3.63, 3.8) is 0 Å². The molecule has 0 atom stereocenters. The lowest BCUT2D eigenvalue weighted by molar-refractivity contribution is 0.0594. The van der Waals surface area contributed by atoms with Crippen molar-refractivity contribution in [3.05, 3.63) is 71.7 Å². The highest BCUT2D eigenvalue weighted by Gasteiger charge is 2.13. The minimum Gasteiger partial charge on any atom is -0.488 e. The van der Waals surface area contributed by atoms with Gasteiger partial charge in [0.15, 0.2) is 5.69 Å². The van der Waals surface area contributed by atoms with Gasteiger partial charge < -0.3 is 9.47 Å². The van der Waals surface area contributed by atoms with E-state index in [1.54, 1.807) is 24.3 Å². The van der Waals surface area contributed by atoms with Crippen LogP contribution in [-0.2, 0) is 11.3 Å². The number of carbonyl (C=O) groups is 1. The Kier molecular flexibility index (Phi) is 4.19. The van der Waals surface area contributed by atoms with Crippen LogP contribution in [0.4, 0.5) is 4.39 Å². The molecular weight excluding hydrogens is 297 g/mol. The van der Waals surface area contributed by atoms with Gasteiger partial charge in [0.05, 0.1) is 12.6 Å². The van der Waals surface area contributed by atoms with Crippen molar-refractivity contribution in [2.75, 3.05) is 7.11 Å². The molecule has 0 radical (unpaired) electrons. The van der Waals surface area contributed by atoms with Gasteiger partial charge in [0.25, 0.3) is 0 Å². The number of para-hydroxylation sites is 1. The van der Waals surface area contributed by atoms with Crippen molar-refractivity contribution < 1.29 is 18.7 Å². The zero-order valence-corrected chi connectivity index (χ0v) is 12.5. The second-order valence-electron chi connectivity index (χ2n) is 4.93. The topological polar surface area (TPSA) is 48.4 Å². The molecule has 4 nitrogen and oxygen atoms in total. The smallest absolute Gasteiger partial charge is 0.356 e. The summed E-state index contributed by atoms with van der Waals surface area (Å²) in [5, 5.41) is 0.794. The number of carbonyl (C=O) groups excluding carboxylic acids is 1. The van der Waals surface area contributed by atoms with Gasteiger partial charge in [-0.1, -0.05) is 24.3 Å². The molecule has 0 amide bonds. The second kappa shape index (κ2) is 6.44. The van der Waals surface area contributed by atoms with E-state index in [4.69, 9.17) is 9.47 Å². The molecule has 1 heterocycles. The standard InChI is InChI=1S/C18H14FNO3/c1-22-18(21)16-10-17(14-4-2-3-5-15(14)20-16)23-11-12-6-8-13(19)9-7-12/h2-10H,11H2,1H3. The van der Waals surface area contributed by atoms with Crippen LogP contribution in [0.3, 0.4) is 0 Å². The molecule has 3 rings (SSSR count). The number of benzene rings is 2. The number of aromatic nitrogens is 1. The lowest BCUT2D eigenvalue weighted by Gasteiger charge is -2.11. The lowest BCUT2D eigenvalue weighted by atomic mass is 10.1. The highest BCUT2D eigenvalue weighted by Crippen LogP contribution is 2.26. The molecule has 0 spiro atoms. The predicted octanol–water partition coefficient (Wildman–Crippen LogP) is 3.74. The number of halogens is 1. The monoisotopic (exact) mass is 311 g/mol. The summed E-state index contributed by atoms with van der Waals surface area (Å²) >= 11 is 0. The number of methoxy groups -OCH3 is 1. The molecule has 0 aliphatic rings. The van der Waals surface area contributed by atoms with E-state index in [0.717, 1.165) is 10.9 Å². The molecule has 0 N–H and O–H groups in total. The largest absolute Gasteiger partial charge is 0.488 e. The summed E-state index contributed by atoms with van der Waals surface area (Å²) in [6.45, 7) is 0.259. The third kappa shape index (κ3) is 3.29. The van der Waals surface area contributed by atoms with Gasteiger partial charge in [0.1, 0.15) is 18.2 Å². The van der Waals surface area contributed by atoms with E-state index in [2.05, 4.69) is 4.98 Å². The number of pyridine rings is 1. The Morgan fingerprint density at radius 2 is 1.87 bits per heavy atom. The van der Waals surface area contributed by atoms with Gasteiger partial charge in [-0.05, 0) is 29.8 Å². The van der Waals surface area contributed by atoms with Crippen molar-refractivity contribution in [1.82, 2.24) is 4.98 Å². The first kappa shape index (κ1) is 15.0. The van der Waals surface area contributed by atoms with Crippen LogP contribution in [0.2, 0.25) is 0 Å². The minimum atomic E-state index is -0.526. The number of ether oxygens (including phenoxy) is 2. The van der Waals surface area contributed by atoms with Gasteiger partial charge >= 0.3 is 5.97 Å². The Morgan fingerprint density at radius 3 is 2.61 bits per heavy atom. The maximum absolute atomic E-state index is 12.9. The number of hydrogen-bond donors (Lipinski definition) is 0. The van der Waals surface area contributed by atoms with Crippen LogP contribution in [0, 0.1) is 5.82 Å². The van der Waals surface area contributed by atoms with Gasteiger partial charge in [-0.2, -0.15) is 0 Å². The van der Waals surface area contributed by atoms with E-state index >= 15 is 0 Å². The fourth-order valence-corrected chi connectivity index (χ4v) is 2.21. The number of rotatable bonds is 4. The third-order valence-corrected chi connectivity index (χ3v) is 3.38. The molecule has 0 aliphatic heterocycles. The Hall–Kier alpha value is -2.95. The fourth-order valence-electron chi connectivity index (χ4n) is 2.21. The van der Waals surface area contributed by atoms with Gasteiger partial charge in [0.2, 0.25) is 0 Å². The van der Waals surface area contributed by atoms with Crippen LogP contribution in [-0.4, -0.2) is 18.1 Å². The van der Waals surface area contributed by atoms with Crippen molar-refractivity contribution in [3.8, 4) is 5.75 Å². The number of fused-ring (bicyclic) bond motifs is 1. The van der Waals surface area contributed by atoms with E-state index in [9.17, 15) is 9.18 Å². The first-order valence-electron chi connectivity index (χ1n) is 7.03. The molecule has 1 aromatic heterocycles. The average molecular weight is 311 g/mol. The third-order valence-electron chi connectivity index (χ3n) is 3.38. The quantitative estimate of drug-likeness (QED) is 0.689. The Labute approximate surface area is 132 Å². The molecule has 0 unspecified atom stereocenters. The molecule has 0 bridgehead atoms. The number of hydrogen-bond acceptors (Lipinski definition) is 4. The van der Waals surface area contributed by atoms with Crippen LogP contribution in [0.5, 0.6) is 5.75 Å². The van der Waals surface area contributed by atoms with Crippen molar-refractivity contribution >= 4 is 16.9 Å². The first-order chi connectivity index (χ1) is 11.2. The van der Waals surface area contributed by atoms with Gasteiger partial charge in [0, 0.05) is 11.5 Å². The Balaban J connectivity index is 1.94. The summed E-state index contributed by atoms with van der Waals surface area (Å²) < 4.78 is 23.5. The summed E-state index contributed by atoms with van der Waals surface area (Å²) in [7, 11) is 1.30. The normalized spacial score (nSPS) is 10.5. The summed E-state index contributed by atoms with van der Waals surface area (Å²) in [5.74, 6) is -0.293. The van der Waals surface area contributed by atoms with Crippen molar-refractivity contribution in [2.45, 2.75) is 6.61 Å². The average Bonchev–Trinajstić information content (AvgIpc) is 2.60. The van der Waals surface area contributed by atoms with Crippen molar-refractivity contribution in [1.29, 1.82) is 0 Å². The highest BCUT2D eigenvalue weighted by molar-refractivity contribution is 5.93. The zero-order valence-electron chi connectivity index (χ0n) is 12.5. The van der Waals surface area contributed by atoms with Gasteiger partial charge in [-0.15, -0.1) is 0 Å².